The van der Waals surface area contributed by atoms with E-state index >= 15 is 0 Å². The Morgan fingerprint density at radius 2 is 0.850 bits per heavy atom. The fourth-order valence-corrected chi connectivity index (χ4v) is 5.04. The molecule has 0 aromatic heterocycles. The van der Waals surface area contributed by atoms with Crippen molar-refractivity contribution in [3.05, 3.63) is 59.7 Å². The van der Waals surface area contributed by atoms with Crippen molar-refractivity contribution < 1.29 is 0 Å². The van der Waals surface area contributed by atoms with Gasteiger partial charge in [-0.1, -0.05) is 85.8 Å². The third kappa shape index (κ3) is 4.46. The third-order valence-corrected chi connectivity index (χ3v) is 6.10. The molecule has 0 nitrogen and oxygen atoms in total. The van der Waals surface area contributed by atoms with Gasteiger partial charge in [-0.15, -0.1) is 0 Å². The molecule has 0 amide bonds. The van der Waals surface area contributed by atoms with Crippen LogP contribution in [0.2, 0.25) is 26.2 Å². The Balaban J connectivity index is 2.11. The molecule has 0 atom stereocenters. The standard InChI is InChI=1S/C18H26Si2/c1-19(2)13-15-5-9-17(10-6-15)18-11-7-16(8-12-18)14-20(3)4/h5-12,19-20H,13-14H2,1-4H3. The van der Waals surface area contributed by atoms with Crippen LogP contribution < -0.4 is 0 Å². The van der Waals surface area contributed by atoms with E-state index in [0.29, 0.717) is 0 Å². The van der Waals surface area contributed by atoms with Crippen LogP contribution in [-0.4, -0.2) is 17.6 Å². The summed E-state index contributed by atoms with van der Waals surface area (Å²) in [5.74, 6) is 0. The monoisotopic (exact) mass is 298 g/mol. The fraction of sp³-hybridized carbons (Fsp3) is 0.333. The van der Waals surface area contributed by atoms with Crippen LogP contribution in [0.15, 0.2) is 48.5 Å². The van der Waals surface area contributed by atoms with Gasteiger partial charge in [0, 0.05) is 17.6 Å². The molecule has 0 saturated carbocycles. The maximum atomic E-state index is 2.41. The largest absolute Gasteiger partial charge is 0.0719 e. The molecule has 0 fully saturated rings. The van der Waals surface area contributed by atoms with Crippen LogP contribution in [-0.2, 0) is 12.1 Å². The van der Waals surface area contributed by atoms with Crippen LogP contribution in [0.4, 0.5) is 0 Å². The summed E-state index contributed by atoms with van der Waals surface area (Å²) in [4.78, 5) is 0. The van der Waals surface area contributed by atoms with E-state index in [-0.39, 0.29) is 0 Å². The molecule has 0 unspecified atom stereocenters. The molecule has 20 heavy (non-hydrogen) atoms. The zero-order chi connectivity index (χ0) is 14.5. The smallest absolute Gasteiger partial charge is 0.0352 e. The van der Waals surface area contributed by atoms with Crippen LogP contribution in [0.25, 0.3) is 11.1 Å². The highest BCUT2D eigenvalue weighted by atomic mass is 28.3. The van der Waals surface area contributed by atoms with Crippen molar-refractivity contribution in [2.45, 2.75) is 38.3 Å². The second kappa shape index (κ2) is 7.05. The number of hydrogen-bond donors (Lipinski definition) is 0. The normalized spacial score (nSPS) is 11.3. The molecule has 0 N–H and O–H groups in total. The van der Waals surface area contributed by atoms with Crippen LogP contribution in [0.5, 0.6) is 0 Å². The van der Waals surface area contributed by atoms with Crippen molar-refractivity contribution in [1.29, 1.82) is 0 Å². The molecule has 2 heteroatoms. The van der Waals surface area contributed by atoms with Crippen LogP contribution in [0.3, 0.4) is 0 Å². The Morgan fingerprint density at radius 1 is 0.550 bits per heavy atom. The molecule has 0 aliphatic heterocycles. The Morgan fingerprint density at radius 3 is 1.10 bits per heavy atom. The van der Waals surface area contributed by atoms with Gasteiger partial charge in [-0.05, 0) is 23.2 Å². The Bertz CT molecular complexity index is 473. The highest BCUT2D eigenvalue weighted by molar-refractivity contribution is 6.55. The molecule has 0 spiro atoms. The lowest BCUT2D eigenvalue weighted by molar-refractivity contribution is 1.34. The molecule has 2 rings (SSSR count). The summed E-state index contributed by atoms with van der Waals surface area (Å²) in [5.41, 5.74) is 5.68. The molecule has 0 radical (unpaired) electrons. The quantitative estimate of drug-likeness (QED) is 0.713. The van der Waals surface area contributed by atoms with Crippen molar-refractivity contribution in [3.63, 3.8) is 0 Å². The fourth-order valence-electron chi connectivity index (χ4n) is 2.61. The minimum atomic E-state index is -0.504. The summed E-state index contributed by atoms with van der Waals surface area (Å²) in [6.07, 6.45) is 0. The van der Waals surface area contributed by atoms with Gasteiger partial charge >= 0.3 is 0 Å². The molecule has 0 saturated heterocycles. The van der Waals surface area contributed by atoms with E-state index in [0.717, 1.165) is 0 Å². The first-order valence-electron chi connectivity index (χ1n) is 7.73. The molecule has 0 aliphatic carbocycles. The van der Waals surface area contributed by atoms with Crippen molar-refractivity contribution in [2.75, 3.05) is 0 Å². The SMILES string of the molecule is C[SiH](C)Cc1ccc(-c2ccc(C[SiH](C)C)cc2)cc1. The summed E-state index contributed by atoms with van der Waals surface area (Å²) in [6.45, 7) is 9.63. The summed E-state index contributed by atoms with van der Waals surface area (Å²) >= 11 is 0. The van der Waals surface area contributed by atoms with E-state index in [1.165, 1.54) is 34.3 Å². The lowest BCUT2D eigenvalue weighted by atomic mass is 10.0. The second-order valence-electron chi connectivity index (χ2n) is 6.59. The topological polar surface area (TPSA) is 0 Å². The molecule has 0 bridgehead atoms. The van der Waals surface area contributed by atoms with Gasteiger partial charge in [0.15, 0.2) is 0 Å². The zero-order valence-corrected chi connectivity index (χ0v) is 15.5. The maximum absolute atomic E-state index is 2.41. The van der Waals surface area contributed by atoms with E-state index in [9.17, 15) is 0 Å². The molecular formula is C18H26Si2. The lowest BCUT2D eigenvalue weighted by Crippen LogP contribution is -2.05. The van der Waals surface area contributed by atoms with Crippen LogP contribution in [0.1, 0.15) is 11.1 Å². The van der Waals surface area contributed by atoms with Gasteiger partial charge in [0.05, 0.1) is 0 Å². The first-order chi connectivity index (χ1) is 9.54. The maximum Gasteiger partial charge on any atom is 0.0352 e. The third-order valence-electron chi connectivity index (χ3n) is 3.53. The van der Waals surface area contributed by atoms with E-state index < -0.39 is 17.6 Å². The van der Waals surface area contributed by atoms with Gasteiger partial charge in [0.25, 0.3) is 0 Å². The van der Waals surface area contributed by atoms with Gasteiger partial charge < -0.3 is 0 Å². The highest BCUT2D eigenvalue weighted by Crippen LogP contribution is 2.21. The lowest BCUT2D eigenvalue weighted by Gasteiger charge is -2.08. The van der Waals surface area contributed by atoms with Crippen molar-refractivity contribution >= 4 is 17.6 Å². The molecule has 2 aromatic carbocycles. The predicted molar refractivity (Wildman–Crippen MR) is 97.0 cm³/mol. The highest BCUT2D eigenvalue weighted by Gasteiger charge is 2.02. The summed E-state index contributed by atoms with van der Waals surface area (Å²) < 4.78 is 0. The summed E-state index contributed by atoms with van der Waals surface area (Å²) in [5, 5.41) is 0. The van der Waals surface area contributed by atoms with Crippen LogP contribution >= 0.6 is 0 Å². The molecular weight excluding hydrogens is 272 g/mol. The summed E-state index contributed by atoms with van der Waals surface area (Å²) in [7, 11) is -1.01. The zero-order valence-electron chi connectivity index (χ0n) is 13.2. The molecule has 106 valence electrons. The number of hydrogen-bond acceptors (Lipinski definition) is 0. The van der Waals surface area contributed by atoms with Gasteiger partial charge in [0.1, 0.15) is 0 Å². The van der Waals surface area contributed by atoms with Crippen LogP contribution in [0, 0.1) is 0 Å². The first kappa shape index (κ1) is 15.3. The second-order valence-corrected chi connectivity index (χ2v) is 13.0. The van der Waals surface area contributed by atoms with Crippen molar-refractivity contribution in [3.8, 4) is 11.1 Å². The Labute approximate surface area is 127 Å². The van der Waals surface area contributed by atoms with Crippen molar-refractivity contribution in [2.24, 2.45) is 0 Å². The van der Waals surface area contributed by atoms with Gasteiger partial charge in [-0.2, -0.15) is 0 Å². The minimum Gasteiger partial charge on any atom is -0.0719 e. The number of rotatable bonds is 5. The van der Waals surface area contributed by atoms with E-state index in [4.69, 9.17) is 0 Å². The van der Waals surface area contributed by atoms with Gasteiger partial charge in [-0.3, -0.25) is 0 Å². The van der Waals surface area contributed by atoms with E-state index in [2.05, 4.69) is 74.7 Å². The van der Waals surface area contributed by atoms with E-state index in [1.807, 2.05) is 0 Å². The Hall–Kier alpha value is -1.13. The first-order valence-corrected chi connectivity index (χ1v) is 14.0. The molecule has 0 heterocycles. The Kier molecular flexibility index (Phi) is 5.38. The predicted octanol–water partition coefficient (Wildman–Crippen LogP) is 4.49. The molecule has 2 aromatic rings. The minimum absolute atomic E-state index is 0.504. The van der Waals surface area contributed by atoms with Gasteiger partial charge in [0.2, 0.25) is 0 Å². The van der Waals surface area contributed by atoms with Gasteiger partial charge in [-0.25, -0.2) is 0 Å². The average molecular weight is 299 g/mol. The molecule has 0 aliphatic rings. The van der Waals surface area contributed by atoms with E-state index in [1.54, 1.807) is 0 Å². The number of benzene rings is 2. The average Bonchev–Trinajstić information content (AvgIpc) is 2.39. The summed E-state index contributed by atoms with van der Waals surface area (Å²) in [6, 6.07) is 20.9. The van der Waals surface area contributed by atoms with Crippen molar-refractivity contribution in [1.82, 2.24) is 0 Å².